The van der Waals surface area contributed by atoms with Crippen LogP contribution in [0.5, 0.6) is 0 Å². The minimum absolute atomic E-state index is 0.0625. The minimum Gasteiger partial charge on any atom is -0.207 e. The van der Waals surface area contributed by atoms with Crippen LogP contribution in [0, 0.1) is 5.82 Å². The molecule has 0 aromatic heterocycles. The lowest BCUT2D eigenvalue weighted by Gasteiger charge is -2.15. The summed E-state index contributed by atoms with van der Waals surface area (Å²) in [5, 5.41) is 0. The maximum absolute atomic E-state index is 13.6. The Bertz CT molecular complexity index is 984. The summed E-state index contributed by atoms with van der Waals surface area (Å²) >= 11 is 0. The van der Waals surface area contributed by atoms with Crippen molar-refractivity contribution in [2.24, 2.45) is 0 Å². The molecule has 0 bridgehead atoms. The lowest BCUT2D eigenvalue weighted by atomic mass is 10.2. The van der Waals surface area contributed by atoms with Crippen molar-refractivity contribution in [3.63, 3.8) is 0 Å². The maximum Gasteiger partial charge on any atom is 0.243 e. The molecule has 2 aromatic rings. The summed E-state index contributed by atoms with van der Waals surface area (Å²) in [4.78, 5) is -0.0123. The van der Waals surface area contributed by atoms with Crippen LogP contribution in [0.4, 0.5) is 4.39 Å². The van der Waals surface area contributed by atoms with Gasteiger partial charge in [0.1, 0.15) is 5.82 Å². The van der Waals surface area contributed by atoms with E-state index in [2.05, 4.69) is 4.72 Å². The van der Waals surface area contributed by atoms with Gasteiger partial charge in [-0.05, 0) is 43.2 Å². The molecule has 1 saturated heterocycles. The Morgan fingerprint density at radius 2 is 1.46 bits per heavy atom. The lowest BCUT2D eigenvalue weighted by molar-refractivity contribution is 0.477. The fourth-order valence-electron chi connectivity index (χ4n) is 2.77. The summed E-state index contributed by atoms with van der Waals surface area (Å²) in [6, 6.07) is 10.9. The number of nitrogens with zero attached hydrogens (tertiary/aromatic N) is 1. The van der Waals surface area contributed by atoms with Crippen LogP contribution in [0.25, 0.3) is 0 Å². The molecule has 0 spiro atoms. The highest BCUT2D eigenvalue weighted by atomic mass is 32.2. The molecular formula is C17H19FN2O4S2. The molecular weight excluding hydrogens is 379 g/mol. The Morgan fingerprint density at radius 3 is 2.08 bits per heavy atom. The Labute approximate surface area is 152 Å². The van der Waals surface area contributed by atoms with Gasteiger partial charge >= 0.3 is 0 Å². The van der Waals surface area contributed by atoms with E-state index in [1.165, 1.54) is 46.8 Å². The third-order valence-corrected chi connectivity index (χ3v) is 7.58. The van der Waals surface area contributed by atoms with Gasteiger partial charge < -0.3 is 0 Å². The van der Waals surface area contributed by atoms with Crippen molar-refractivity contribution >= 4 is 20.0 Å². The van der Waals surface area contributed by atoms with Crippen LogP contribution in [0.2, 0.25) is 0 Å². The standard InChI is InChI=1S/C17H19FN2O4S2/c18-17-6-2-1-5-14(17)13-19-25(21,22)15-7-9-16(10-8-15)26(23,24)20-11-3-4-12-20/h1-2,5-10,19H,3-4,11-13H2. The molecule has 0 radical (unpaired) electrons. The predicted octanol–water partition coefficient (Wildman–Crippen LogP) is 2.09. The van der Waals surface area contributed by atoms with Crippen LogP contribution >= 0.6 is 0 Å². The van der Waals surface area contributed by atoms with E-state index in [-0.39, 0.29) is 21.9 Å². The van der Waals surface area contributed by atoms with E-state index < -0.39 is 25.9 Å². The molecule has 1 aliphatic heterocycles. The van der Waals surface area contributed by atoms with Gasteiger partial charge in [0, 0.05) is 25.2 Å². The largest absolute Gasteiger partial charge is 0.243 e. The van der Waals surface area contributed by atoms with E-state index in [4.69, 9.17) is 0 Å². The average molecular weight is 398 g/mol. The Morgan fingerprint density at radius 1 is 0.885 bits per heavy atom. The van der Waals surface area contributed by atoms with Crippen LogP contribution in [0.1, 0.15) is 18.4 Å². The van der Waals surface area contributed by atoms with Gasteiger partial charge in [-0.25, -0.2) is 25.9 Å². The first-order valence-electron chi connectivity index (χ1n) is 8.14. The first kappa shape index (κ1) is 19.0. The molecule has 0 amide bonds. The van der Waals surface area contributed by atoms with Crippen LogP contribution in [0.15, 0.2) is 58.3 Å². The normalized spacial score (nSPS) is 16.0. The van der Waals surface area contributed by atoms with Crippen LogP contribution in [-0.2, 0) is 26.6 Å². The molecule has 0 aliphatic carbocycles. The summed E-state index contributed by atoms with van der Waals surface area (Å²) < 4.78 is 66.9. The molecule has 1 N–H and O–H groups in total. The molecule has 6 nitrogen and oxygen atoms in total. The molecule has 9 heteroatoms. The molecule has 0 unspecified atom stereocenters. The Hall–Kier alpha value is -1.81. The van der Waals surface area contributed by atoms with E-state index in [9.17, 15) is 21.2 Å². The average Bonchev–Trinajstić information content (AvgIpc) is 3.17. The number of halogens is 1. The highest BCUT2D eigenvalue weighted by Gasteiger charge is 2.27. The molecule has 3 rings (SSSR count). The number of benzene rings is 2. The van der Waals surface area contributed by atoms with Gasteiger partial charge in [0.05, 0.1) is 9.79 Å². The molecule has 0 atom stereocenters. The van der Waals surface area contributed by atoms with Gasteiger partial charge in [0.15, 0.2) is 0 Å². The second-order valence-corrected chi connectivity index (χ2v) is 9.70. The van der Waals surface area contributed by atoms with E-state index in [0.29, 0.717) is 13.1 Å². The van der Waals surface area contributed by atoms with E-state index in [1.807, 2.05) is 0 Å². The van der Waals surface area contributed by atoms with Crippen LogP contribution < -0.4 is 4.72 Å². The highest BCUT2D eigenvalue weighted by Crippen LogP contribution is 2.22. The van der Waals surface area contributed by atoms with Crippen molar-refractivity contribution in [1.29, 1.82) is 0 Å². The van der Waals surface area contributed by atoms with Gasteiger partial charge in [-0.15, -0.1) is 0 Å². The van der Waals surface area contributed by atoms with Gasteiger partial charge in [-0.3, -0.25) is 0 Å². The van der Waals surface area contributed by atoms with Crippen molar-refractivity contribution in [2.75, 3.05) is 13.1 Å². The highest BCUT2D eigenvalue weighted by molar-refractivity contribution is 7.89. The zero-order chi connectivity index (χ0) is 18.8. The van der Waals surface area contributed by atoms with Crippen molar-refractivity contribution in [1.82, 2.24) is 9.03 Å². The Kier molecular flexibility index (Phi) is 5.42. The second-order valence-electron chi connectivity index (χ2n) is 6.00. The number of rotatable bonds is 6. The maximum atomic E-state index is 13.6. The second kappa shape index (κ2) is 7.43. The molecule has 140 valence electrons. The summed E-state index contributed by atoms with van der Waals surface area (Å²) in [6.07, 6.45) is 1.65. The molecule has 2 aromatic carbocycles. The fourth-order valence-corrected chi connectivity index (χ4v) is 5.29. The zero-order valence-corrected chi connectivity index (χ0v) is 15.6. The summed E-state index contributed by atoms with van der Waals surface area (Å²) in [5.74, 6) is -0.498. The van der Waals surface area contributed by atoms with E-state index >= 15 is 0 Å². The summed E-state index contributed by atoms with van der Waals surface area (Å²) in [5.41, 5.74) is 0.226. The molecule has 26 heavy (non-hydrogen) atoms. The zero-order valence-electron chi connectivity index (χ0n) is 13.9. The number of hydrogen-bond donors (Lipinski definition) is 1. The minimum atomic E-state index is -3.88. The quantitative estimate of drug-likeness (QED) is 0.808. The van der Waals surface area contributed by atoms with E-state index in [1.54, 1.807) is 6.07 Å². The summed E-state index contributed by atoms with van der Waals surface area (Å²) in [7, 11) is -7.47. The molecule has 0 saturated carbocycles. The van der Waals surface area contributed by atoms with Crippen molar-refractivity contribution in [3.8, 4) is 0 Å². The van der Waals surface area contributed by atoms with Crippen molar-refractivity contribution in [2.45, 2.75) is 29.2 Å². The smallest absolute Gasteiger partial charge is 0.207 e. The first-order valence-corrected chi connectivity index (χ1v) is 11.1. The van der Waals surface area contributed by atoms with Crippen molar-refractivity contribution in [3.05, 3.63) is 59.9 Å². The number of sulfonamides is 2. The van der Waals surface area contributed by atoms with Gasteiger partial charge in [0.25, 0.3) is 0 Å². The fraction of sp³-hybridized carbons (Fsp3) is 0.294. The number of hydrogen-bond acceptors (Lipinski definition) is 4. The SMILES string of the molecule is O=S(=O)(NCc1ccccc1F)c1ccc(S(=O)(=O)N2CCCC2)cc1. The topological polar surface area (TPSA) is 83.5 Å². The van der Waals surface area contributed by atoms with Gasteiger partial charge in [-0.1, -0.05) is 18.2 Å². The van der Waals surface area contributed by atoms with Crippen LogP contribution in [-0.4, -0.2) is 34.2 Å². The molecule has 1 fully saturated rings. The molecule has 1 aliphatic rings. The third kappa shape index (κ3) is 3.96. The predicted molar refractivity (Wildman–Crippen MR) is 94.9 cm³/mol. The monoisotopic (exact) mass is 398 g/mol. The van der Waals surface area contributed by atoms with Crippen LogP contribution in [0.3, 0.4) is 0 Å². The lowest BCUT2D eigenvalue weighted by Crippen LogP contribution is -2.28. The number of nitrogens with one attached hydrogen (secondary N) is 1. The summed E-state index contributed by atoms with van der Waals surface area (Å²) in [6.45, 7) is 0.766. The van der Waals surface area contributed by atoms with Crippen molar-refractivity contribution < 1.29 is 21.2 Å². The third-order valence-electron chi connectivity index (χ3n) is 4.25. The Balaban J connectivity index is 1.76. The molecule has 1 heterocycles. The van der Waals surface area contributed by atoms with Gasteiger partial charge in [-0.2, -0.15) is 4.31 Å². The first-order chi connectivity index (χ1) is 12.3. The van der Waals surface area contributed by atoms with E-state index in [0.717, 1.165) is 12.8 Å². The van der Waals surface area contributed by atoms with Gasteiger partial charge in [0.2, 0.25) is 20.0 Å².